The fourth-order valence-corrected chi connectivity index (χ4v) is 1.72. The van der Waals surface area contributed by atoms with Gasteiger partial charge < -0.3 is 5.11 Å². The van der Waals surface area contributed by atoms with E-state index in [1.165, 1.54) is 0 Å². The average molecular weight is 230 g/mol. The van der Waals surface area contributed by atoms with Crippen molar-refractivity contribution in [2.24, 2.45) is 0 Å². The third-order valence-corrected chi connectivity index (χ3v) is 2.86. The van der Waals surface area contributed by atoms with E-state index in [4.69, 9.17) is 7.85 Å². The van der Waals surface area contributed by atoms with Crippen LogP contribution in [-0.2, 0) is 11.8 Å². The van der Waals surface area contributed by atoms with Gasteiger partial charge in [0.15, 0.2) is 6.29 Å². The molecule has 0 unspecified atom stereocenters. The van der Waals surface area contributed by atoms with Crippen molar-refractivity contribution in [3.63, 3.8) is 0 Å². The topological polar surface area (TPSA) is 37.3 Å². The van der Waals surface area contributed by atoms with E-state index in [9.17, 15) is 9.90 Å². The van der Waals surface area contributed by atoms with Gasteiger partial charge in [-0.1, -0.05) is 39.6 Å². The highest BCUT2D eigenvalue weighted by Gasteiger charge is 2.18. The molecule has 0 aliphatic heterocycles. The van der Waals surface area contributed by atoms with E-state index in [2.05, 4.69) is 20.8 Å². The van der Waals surface area contributed by atoms with Crippen molar-refractivity contribution in [1.29, 1.82) is 0 Å². The number of phenolic OH excluding ortho intramolecular Hbond substituents is 1. The first-order chi connectivity index (χ1) is 7.90. The molecule has 1 rings (SSSR count). The Bertz CT molecular complexity index is 405. The van der Waals surface area contributed by atoms with Crippen molar-refractivity contribution >= 4 is 14.1 Å². The summed E-state index contributed by atoms with van der Waals surface area (Å²) >= 11 is 0. The molecule has 0 saturated carbocycles. The summed E-state index contributed by atoms with van der Waals surface area (Å²) < 4.78 is 0. The minimum atomic E-state index is -0.0388. The highest BCUT2D eigenvalue weighted by Crippen LogP contribution is 2.31. The third kappa shape index (κ3) is 3.35. The monoisotopic (exact) mass is 230 g/mol. The van der Waals surface area contributed by atoms with E-state index < -0.39 is 0 Å². The lowest BCUT2D eigenvalue weighted by molar-refractivity contribution is 0.112. The van der Waals surface area contributed by atoms with Gasteiger partial charge in [0, 0.05) is 0 Å². The molecule has 2 radical (unpaired) electrons. The molecule has 0 saturated heterocycles. The largest absolute Gasteiger partial charge is 0.507 e. The zero-order valence-electron chi connectivity index (χ0n) is 10.8. The Balaban J connectivity index is 3.23. The number of aldehydes is 1. The molecular weight excluding hydrogens is 211 g/mol. The number of carbonyl (C=O) groups is 1. The number of aromatic hydroxyl groups is 1. The maximum absolute atomic E-state index is 10.9. The predicted molar refractivity (Wildman–Crippen MR) is 71.1 cm³/mol. The predicted octanol–water partition coefficient (Wildman–Crippen LogP) is 3.02. The number of rotatable bonds is 4. The van der Waals surface area contributed by atoms with Gasteiger partial charge in [0.05, 0.1) is 13.4 Å². The van der Waals surface area contributed by atoms with Crippen LogP contribution in [0.4, 0.5) is 0 Å². The fourth-order valence-electron chi connectivity index (χ4n) is 1.72. The second kappa shape index (κ2) is 5.39. The maximum atomic E-state index is 10.9. The number of carbonyl (C=O) groups excluding carboxylic acids is 1. The summed E-state index contributed by atoms with van der Waals surface area (Å²) in [7, 11) is 5.47. The highest BCUT2D eigenvalue weighted by molar-refractivity contribution is 6.08. The molecule has 0 atom stereocenters. The lowest BCUT2D eigenvalue weighted by Crippen LogP contribution is -2.12. The molecule has 1 aromatic rings. The molecule has 0 aromatic heterocycles. The molecular formula is C14H19BO2. The average Bonchev–Trinajstić information content (AvgIpc) is 2.26. The van der Waals surface area contributed by atoms with E-state index in [0.717, 1.165) is 17.5 Å². The molecule has 0 bridgehead atoms. The Morgan fingerprint density at radius 3 is 2.47 bits per heavy atom. The van der Waals surface area contributed by atoms with Crippen molar-refractivity contribution in [2.45, 2.75) is 45.3 Å². The SMILES string of the molecule is [B]CCCc1cc(C(C)(C)C)cc(C=O)c1O. The van der Waals surface area contributed by atoms with Gasteiger partial charge in [-0.2, -0.15) is 0 Å². The van der Waals surface area contributed by atoms with Crippen LogP contribution in [-0.4, -0.2) is 19.2 Å². The van der Waals surface area contributed by atoms with Crippen molar-refractivity contribution in [2.75, 3.05) is 0 Å². The Labute approximate surface area is 104 Å². The van der Waals surface area contributed by atoms with E-state index in [1.807, 2.05) is 6.07 Å². The Hall–Kier alpha value is -1.25. The van der Waals surface area contributed by atoms with Crippen molar-refractivity contribution < 1.29 is 9.90 Å². The fraction of sp³-hybridized carbons (Fsp3) is 0.500. The van der Waals surface area contributed by atoms with Gasteiger partial charge in [-0.15, -0.1) is 0 Å². The highest BCUT2D eigenvalue weighted by atomic mass is 16.3. The Kier molecular flexibility index (Phi) is 4.38. The van der Waals surface area contributed by atoms with Gasteiger partial charge in [-0.3, -0.25) is 4.79 Å². The molecule has 0 aliphatic rings. The standard InChI is InChI=1S/C14H19BO2/c1-14(2,3)12-7-10(5-4-6-15)13(17)11(8-12)9-16/h7-9,17H,4-6H2,1-3H3. The van der Waals surface area contributed by atoms with Gasteiger partial charge in [-0.25, -0.2) is 0 Å². The molecule has 0 amide bonds. The van der Waals surface area contributed by atoms with Crippen LogP contribution in [0.25, 0.3) is 0 Å². The molecule has 2 nitrogen and oxygen atoms in total. The number of hydrogen-bond donors (Lipinski definition) is 1. The van der Waals surface area contributed by atoms with Crippen molar-refractivity contribution in [3.05, 3.63) is 28.8 Å². The molecule has 0 heterocycles. The number of aryl methyl sites for hydroxylation is 1. The first kappa shape index (κ1) is 13.8. The zero-order chi connectivity index (χ0) is 13.1. The third-order valence-electron chi connectivity index (χ3n) is 2.86. The summed E-state index contributed by atoms with van der Waals surface area (Å²) in [5.41, 5.74) is 2.20. The normalized spacial score (nSPS) is 11.5. The van der Waals surface area contributed by atoms with E-state index in [1.54, 1.807) is 6.07 Å². The summed E-state index contributed by atoms with van der Waals surface area (Å²) in [5, 5.41) is 9.93. The first-order valence-electron chi connectivity index (χ1n) is 5.91. The summed E-state index contributed by atoms with van der Waals surface area (Å²) in [5.74, 6) is 0.0986. The lowest BCUT2D eigenvalue weighted by Gasteiger charge is -2.21. The molecule has 90 valence electrons. The van der Waals surface area contributed by atoms with E-state index in [0.29, 0.717) is 24.6 Å². The summed E-state index contributed by atoms with van der Waals surface area (Å²) in [6, 6.07) is 3.73. The molecule has 1 N–H and O–H groups in total. The van der Waals surface area contributed by atoms with Gasteiger partial charge in [0.2, 0.25) is 0 Å². The van der Waals surface area contributed by atoms with E-state index in [-0.39, 0.29) is 11.2 Å². The van der Waals surface area contributed by atoms with Crippen molar-refractivity contribution in [3.8, 4) is 5.75 Å². The minimum absolute atomic E-state index is 0.0388. The molecule has 0 fully saturated rings. The number of benzene rings is 1. The quantitative estimate of drug-likeness (QED) is 0.637. The number of hydrogen-bond acceptors (Lipinski definition) is 2. The van der Waals surface area contributed by atoms with Gasteiger partial charge in [0.25, 0.3) is 0 Å². The van der Waals surface area contributed by atoms with Gasteiger partial charge >= 0.3 is 0 Å². The second-order valence-corrected chi connectivity index (χ2v) is 5.33. The second-order valence-electron chi connectivity index (χ2n) is 5.33. The summed E-state index contributed by atoms with van der Waals surface area (Å²) in [6.45, 7) is 6.25. The van der Waals surface area contributed by atoms with Crippen LogP contribution in [0.2, 0.25) is 6.32 Å². The Morgan fingerprint density at radius 2 is 2.00 bits per heavy atom. The molecule has 17 heavy (non-hydrogen) atoms. The molecule has 1 aromatic carbocycles. The maximum Gasteiger partial charge on any atom is 0.153 e. The van der Waals surface area contributed by atoms with Crippen LogP contribution < -0.4 is 0 Å². The van der Waals surface area contributed by atoms with Crippen LogP contribution >= 0.6 is 0 Å². The lowest BCUT2D eigenvalue weighted by atomic mass is 9.84. The van der Waals surface area contributed by atoms with Crippen LogP contribution in [0.3, 0.4) is 0 Å². The smallest absolute Gasteiger partial charge is 0.153 e. The van der Waals surface area contributed by atoms with Gasteiger partial charge in [0.1, 0.15) is 5.75 Å². The van der Waals surface area contributed by atoms with E-state index >= 15 is 0 Å². The summed E-state index contributed by atoms with van der Waals surface area (Å²) in [4.78, 5) is 10.9. The van der Waals surface area contributed by atoms with Gasteiger partial charge in [-0.05, 0) is 29.0 Å². The van der Waals surface area contributed by atoms with Crippen LogP contribution in [0, 0.1) is 0 Å². The Morgan fingerprint density at radius 1 is 1.35 bits per heavy atom. The number of phenols is 1. The minimum Gasteiger partial charge on any atom is -0.507 e. The van der Waals surface area contributed by atoms with Crippen LogP contribution in [0.15, 0.2) is 12.1 Å². The molecule has 0 aliphatic carbocycles. The van der Waals surface area contributed by atoms with Crippen LogP contribution in [0.1, 0.15) is 48.7 Å². The van der Waals surface area contributed by atoms with Crippen molar-refractivity contribution in [1.82, 2.24) is 0 Å². The van der Waals surface area contributed by atoms with Crippen LogP contribution in [0.5, 0.6) is 5.75 Å². The molecule has 3 heteroatoms. The molecule has 0 spiro atoms. The summed E-state index contributed by atoms with van der Waals surface area (Å²) in [6.07, 6.45) is 2.79. The zero-order valence-corrected chi connectivity index (χ0v) is 10.8. The first-order valence-corrected chi connectivity index (χ1v) is 5.91.